The number of nitrogens with zero attached hydrogens (tertiary/aromatic N) is 4. The second kappa shape index (κ2) is 6.27. The van der Waals surface area contributed by atoms with Gasteiger partial charge in [0.05, 0.1) is 4.92 Å². The summed E-state index contributed by atoms with van der Waals surface area (Å²) in [4.78, 5) is 24.9. The monoisotopic (exact) mass is 342 g/mol. The summed E-state index contributed by atoms with van der Waals surface area (Å²) in [6.07, 6.45) is 3.67. The first-order chi connectivity index (χ1) is 12.1. The maximum Gasteiger partial charge on any atom is 0.282 e. The van der Waals surface area contributed by atoms with Crippen molar-refractivity contribution in [2.45, 2.75) is 37.5 Å². The zero-order valence-corrected chi connectivity index (χ0v) is 13.6. The Bertz CT molecular complexity index is 806. The van der Waals surface area contributed by atoms with Crippen LogP contribution in [0.25, 0.3) is 0 Å². The predicted molar refractivity (Wildman–Crippen MR) is 87.2 cm³/mol. The molecule has 1 saturated carbocycles. The van der Waals surface area contributed by atoms with Crippen LogP contribution in [0.3, 0.4) is 0 Å². The molecular weight excluding hydrogens is 324 g/mol. The largest absolute Gasteiger partial charge is 0.425 e. The number of hydrogen-bond donors (Lipinski definition) is 0. The predicted octanol–water partition coefficient (Wildman–Crippen LogP) is 2.88. The Morgan fingerprint density at radius 3 is 2.28 bits per heavy atom. The average molecular weight is 342 g/mol. The second-order valence-electron chi connectivity index (χ2n) is 6.59. The number of aromatic nitrogens is 2. The number of benzene rings is 1. The van der Waals surface area contributed by atoms with Crippen LogP contribution in [0.5, 0.6) is 0 Å². The van der Waals surface area contributed by atoms with Gasteiger partial charge >= 0.3 is 0 Å². The van der Waals surface area contributed by atoms with E-state index in [-0.39, 0.29) is 23.1 Å². The zero-order valence-electron chi connectivity index (χ0n) is 13.6. The Morgan fingerprint density at radius 2 is 1.68 bits per heavy atom. The van der Waals surface area contributed by atoms with E-state index in [2.05, 4.69) is 10.2 Å². The number of carbonyl (C=O) groups is 1. The van der Waals surface area contributed by atoms with Crippen molar-refractivity contribution >= 4 is 11.6 Å². The van der Waals surface area contributed by atoms with Crippen LogP contribution in [0.15, 0.2) is 28.7 Å². The van der Waals surface area contributed by atoms with Gasteiger partial charge in [-0.25, -0.2) is 0 Å². The zero-order chi connectivity index (χ0) is 17.4. The van der Waals surface area contributed by atoms with Gasteiger partial charge in [-0.3, -0.25) is 14.9 Å². The number of carbonyl (C=O) groups excluding carboxylic acids is 1. The van der Waals surface area contributed by atoms with Gasteiger partial charge in [0.2, 0.25) is 11.8 Å². The minimum atomic E-state index is -0.516. The molecule has 0 bridgehead atoms. The third-order valence-corrected chi connectivity index (χ3v) is 4.85. The van der Waals surface area contributed by atoms with Crippen molar-refractivity contribution in [1.29, 1.82) is 0 Å². The molecule has 2 aromatic rings. The molecule has 1 amide bonds. The molecule has 8 heteroatoms. The number of para-hydroxylation sites is 1. The number of amides is 1. The lowest BCUT2D eigenvalue weighted by molar-refractivity contribution is -0.385. The van der Waals surface area contributed by atoms with Gasteiger partial charge in [0.1, 0.15) is 5.56 Å². The molecule has 0 atom stereocenters. The van der Waals surface area contributed by atoms with E-state index in [0.717, 1.165) is 31.6 Å². The molecule has 2 fully saturated rings. The van der Waals surface area contributed by atoms with Gasteiger partial charge in [0.15, 0.2) is 0 Å². The van der Waals surface area contributed by atoms with E-state index in [1.807, 2.05) is 0 Å². The van der Waals surface area contributed by atoms with E-state index >= 15 is 0 Å². The first-order valence-corrected chi connectivity index (χ1v) is 8.49. The van der Waals surface area contributed by atoms with Crippen LogP contribution in [0, 0.1) is 10.1 Å². The van der Waals surface area contributed by atoms with Crippen LogP contribution in [-0.4, -0.2) is 39.0 Å². The molecule has 1 aromatic carbocycles. The van der Waals surface area contributed by atoms with Gasteiger partial charge in [0, 0.05) is 31.0 Å². The minimum absolute atomic E-state index is 0.139. The van der Waals surface area contributed by atoms with E-state index in [1.54, 1.807) is 17.0 Å². The number of nitro benzene ring substituents is 1. The average Bonchev–Trinajstić information content (AvgIpc) is 3.38. The van der Waals surface area contributed by atoms with E-state index < -0.39 is 4.92 Å². The summed E-state index contributed by atoms with van der Waals surface area (Å²) in [6.45, 7) is 1.05. The van der Waals surface area contributed by atoms with Gasteiger partial charge in [-0.15, -0.1) is 10.2 Å². The highest BCUT2D eigenvalue weighted by molar-refractivity contribution is 5.98. The smallest absolute Gasteiger partial charge is 0.282 e. The molecule has 1 aliphatic heterocycles. The molecule has 4 rings (SSSR count). The molecule has 0 unspecified atom stereocenters. The van der Waals surface area contributed by atoms with Crippen molar-refractivity contribution in [2.75, 3.05) is 13.1 Å². The lowest BCUT2D eigenvalue weighted by Gasteiger charge is -2.30. The first-order valence-electron chi connectivity index (χ1n) is 8.49. The van der Waals surface area contributed by atoms with E-state index in [4.69, 9.17) is 4.42 Å². The Labute approximate surface area is 144 Å². The summed E-state index contributed by atoms with van der Waals surface area (Å²) in [5.41, 5.74) is -0.0136. The number of nitro groups is 1. The highest BCUT2D eigenvalue weighted by Crippen LogP contribution is 2.40. The van der Waals surface area contributed by atoms with E-state index in [9.17, 15) is 14.9 Å². The van der Waals surface area contributed by atoms with Gasteiger partial charge in [0.25, 0.3) is 11.6 Å². The van der Waals surface area contributed by atoms with Crippen LogP contribution in [0.1, 0.15) is 59.7 Å². The van der Waals surface area contributed by atoms with Crippen molar-refractivity contribution < 1.29 is 14.1 Å². The molecular formula is C17H18N4O4. The number of likely N-dealkylation sites (tertiary alicyclic amines) is 1. The normalized spacial score (nSPS) is 18.3. The fraction of sp³-hybridized carbons (Fsp3) is 0.471. The third-order valence-electron chi connectivity index (χ3n) is 4.85. The Balaban J connectivity index is 1.42. The fourth-order valence-corrected chi connectivity index (χ4v) is 3.22. The first kappa shape index (κ1) is 15.7. The molecule has 1 aliphatic carbocycles. The van der Waals surface area contributed by atoms with Crippen LogP contribution >= 0.6 is 0 Å². The highest BCUT2D eigenvalue weighted by Gasteiger charge is 2.33. The van der Waals surface area contributed by atoms with Crippen molar-refractivity contribution in [1.82, 2.24) is 15.1 Å². The lowest BCUT2D eigenvalue weighted by Crippen LogP contribution is -2.38. The molecule has 25 heavy (non-hydrogen) atoms. The lowest BCUT2D eigenvalue weighted by atomic mass is 9.96. The molecule has 0 radical (unpaired) electrons. The fourth-order valence-electron chi connectivity index (χ4n) is 3.22. The summed E-state index contributed by atoms with van der Waals surface area (Å²) < 4.78 is 5.76. The van der Waals surface area contributed by atoms with Gasteiger partial charge in [-0.05, 0) is 31.7 Å². The van der Waals surface area contributed by atoms with Gasteiger partial charge in [-0.1, -0.05) is 12.1 Å². The molecule has 0 N–H and O–H groups in total. The maximum absolute atomic E-state index is 12.6. The van der Waals surface area contributed by atoms with Gasteiger partial charge < -0.3 is 9.32 Å². The third kappa shape index (κ3) is 3.11. The standard InChI is InChI=1S/C17H18N4O4/c22-17(13-3-1-2-4-14(13)21(23)24)20-9-7-12(8-10-20)16-19-18-15(25-16)11-5-6-11/h1-4,11-12H,5-10H2. The molecule has 1 aromatic heterocycles. The number of piperidine rings is 1. The Kier molecular flexibility index (Phi) is 3.95. The summed E-state index contributed by atoms with van der Waals surface area (Å²) in [5, 5.41) is 19.4. The molecule has 130 valence electrons. The SMILES string of the molecule is O=C(c1ccccc1[N+](=O)[O-])N1CCC(c2nnc(C3CC3)o2)CC1. The van der Waals surface area contributed by atoms with Crippen molar-refractivity contribution in [3.63, 3.8) is 0 Å². The minimum Gasteiger partial charge on any atom is -0.425 e. The van der Waals surface area contributed by atoms with Crippen LogP contribution in [0.2, 0.25) is 0 Å². The van der Waals surface area contributed by atoms with Crippen molar-refractivity contribution in [3.8, 4) is 0 Å². The topological polar surface area (TPSA) is 102 Å². The van der Waals surface area contributed by atoms with Crippen molar-refractivity contribution in [2.24, 2.45) is 0 Å². The van der Waals surface area contributed by atoms with Crippen LogP contribution < -0.4 is 0 Å². The van der Waals surface area contributed by atoms with Crippen molar-refractivity contribution in [3.05, 3.63) is 51.7 Å². The summed E-state index contributed by atoms with van der Waals surface area (Å²) in [6, 6.07) is 6.07. The second-order valence-corrected chi connectivity index (χ2v) is 6.59. The number of hydrogen-bond acceptors (Lipinski definition) is 6. The quantitative estimate of drug-likeness (QED) is 0.625. The highest BCUT2D eigenvalue weighted by atomic mass is 16.6. The van der Waals surface area contributed by atoms with Crippen LogP contribution in [0.4, 0.5) is 5.69 Å². The summed E-state index contributed by atoms with van der Waals surface area (Å²) in [5.74, 6) is 1.67. The summed E-state index contributed by atoms with van der Waals surface area (Å²) in [7, 11) is 0. The molecule has 0 spiro atoms. The molecule has 2 heterocycles. The molecule has 1 saturated heterocycles. The van der Waals surface area contributed by atoms with E-state index in [1.165, 1.54) is 12.1 Å². The molecule has 2 aliphatic rings. The van der Waals surface area contributed by atoms with Gasteiger partial charge in [-0.2, -0.15) is 0 Å². The maximum atomic E-state index is 12.6. The number of rotatable bonds is 4. The molecule has 8 nitrogen and oxygen atoms in total. The summed E-state index contributed by atoms with van der Waals surface area (Å²) >= 11 is 0. The van der Waals surface area contributed by atoms with Crippen LogP contribution in [-0.2, 0) is 0 Å². The Morgan fingerprint density at radius 1 is 1.08 bits per heavy atom. The van der Waals surface area contributed by atoms with E-state index in [0.29, 0.717) is 24.9 Å². The Hall–Kier alpha value is -2.77.